The van der Waals surface area contributed by atoms with Crippen molar-refractivity contribution in [3.8, 4) is 5.88 Å². The molecule has 1 aromatic heterocycles. The molecule has 146 valence electrons. The van der Waals surface area contributed by atoms with Gasteiger partial charge in [-0.05, 0) is 76.2 Å². The molecule has 0 atom stereocenters. The summed E-state index contributed by atoms with van der Waals surface area (Å²) in [4.78, 5) is 14.6. The van der Waals surface area contributed by atoms with Gasteiger partial charge in [0.05, 0.1) is 21.7 Å². The molecule has 4 nitrogen and oxygen atoms in total. The van der Waals surface area contributed by atoms with Crippen molar-refractivity contribution in [1.82, 2.24) is 9.78 Å². The lowest BCUT2D eigenvalue weighted by Crippen LogP contribution is -2.25. The summed E-state index contributed by atoms with van der Waals surface area (Å²) in [6.45, 7) is 7.98. The Balaban J connectivity index is 2.00. The van der Waals surface area contributed by atoms with Gasteiger partial charge in [0.2, 0.25) is 5.88 Å². The first kappa shape index (κ1) is 21.0. The zero-order valence-corrected chi connectivity index (χ0v) is 19.2. The van der Waals surface area contributed by atoms with Crippen molar-refractivity contribution in [2.45, 2.75) is 43.0 Å². The Morgan fingerprint density at radius 3 is 2.29 bits per heavy atom. The van der Waals surface area contributed by atoms with Crippen LogP contribution in [0.15, 0.2) is 62.8 Å². The first-order valence-corrected chi connectivity index (χ1v) is 10.6. The van der Waals surface area contributed by atoms with Gasteiger partial charge in [-0.25, -0.2) is 9.48 Å². The molecule has 3 rings (SSSR count). The summed E-state index contributed by atoms with van der Waals surface area (Å²) in [5, 5.41) is 5.32. The molecule has 0 fully saturated rings. The Morgan fingerprint density at radius 1 is 1.11 bits per heavy atom. The van der Waals surface area contributed by atoms with Gasteiger partial charge in [-0.1, -0.05) is 39.3 Å². The van der Waals surface area contributed by atoms with Gasteiger partial charge in [0.25, 0.3) is 0 Å². The summed E-state index contributed by atoms with van der Waals surface area (Å²) in [6.07, 6.45) is 0. The molecule has 0 radical (unpaired) electrons. The molecule has 0 unspecified atom stereocenters. The number of nitrogens with zero attached hydrogens (tertiary/aromatic N) is 2. The van der Waals surface area contributed by atoms with E-state index in [0.29, 0.717) is 16.5 Å². The highest BCUT2D eigenvalue weighted by Crippen LogP contribution is 2.40. The molecule has 28 heavy (non-hydrogen) atoms. The van der Waals surface area contributed by atoms with E-state index < -0.39 is 5.97 Å². The summed E-state index contributed by atoms with van der Waals surface area (Å²) in [6, 6.07) is 14.6. The van der Waals surface area contributed by atoms with E-state index >= 15 is 0 Å². The fourth-order valence-electron chi connectivity index (χ4n) is 2.51. The number of aryl methyl sites for hydroxylation is 1. The van der Waals surface area contributed by atoms with Gasteiger partial charge in [-0.15, -0.1) is 0 Å². The van der Waals surface area contributed by atoms with E-state index in [4.69, 9.17) is 16.3 Å². The van der Waals surface area contributed by atoms with Crippen LogP contribution in [0.3, 0.4) is 0 Å². The third-order valence-corrected chi connectivity index (χ3v) is 5.87. The minimum atomic E-state index is -0.421. The molecule has 3 aromatic rings. The molecule has 0 aliphatic carbocycles. The molecule has 0 spiro atoms. The first-order valence-electron chi connectivity index (χ1n) is 8.66. The third-order valence-electron chi connectivity index (χ3n) is 3.90. The maximum Gasteiger partial charge on any atom is 0.344 e. The second-order valence-electron chi connectivity index (χ2n) is 7.25. The van der Waals surface area contributed by atoms with Crippen LogP contribution >= 0.6 is 39.3 Å². The monoisotopic (exact) mass is 478 g/mol. The van der Waals surface area contributed by atoms with Gasteiger partial charge < -0.3 is 4.74 Å². The Labute approximate surface area is 182 Å². The van der Waals surface area contributed by atoms with Crippen molar-refractivity contribution in [2.75, 3.05) is 0 Å². The lowest BCUT2D eigenvalue weighted by molar-refractivity contribution is 0.0704. The van der Waals surface area contributed by atoms with Gasteiger partial charge >= 0.3 is 5.97 Å². The number of hydrogen-bond acceptors (Lipinski definition) is 4. The number of rotatable bonds is 4. The summed E-state index contributed by atoms with van der Waals surface area (Å²) in [7, 11) is 0. The number of benzene rings is 2. The molecule has 0 amide bonds. The number of carbonyl (C=O) groups excluding carboxylic acids is 1. The van der Waals surface area contributed by atoms with Crippen LogP contribution in [0.4, 0.5) is 0 Å². The van der Waals surface area contributed by atoms with Crippen LogP contribution in [0.5, 0.6) is 5.88 Å². The molecule has 7 heteroatoms. The van der Waals surface area contributed by atoms with Crippen molar-refractivity contribution in [3.05, 3.63) is 69.3 Å². The number of halogens is 2. The summed E-state index contributed by atoms with van der Waals surface area (Å²) >= 11 is 10.9. The molecule has 1 heterocycles. The molecule has 0 bridgehead atoms. The van der Waals surface area contributed by atoms with Crippen LogP contribution in [0.25, 0.3) is 0 Å². The number of hydrogen-bond donors (Lipinski definition) is 0. The van der Waals surface area contributed by atoms with Crippen LogP contribution < -0.4 is 4.74 Å². The molecule has 0 aliphatic heterocycles. The van der Waals surface area contributed by atoms with E-state index in [0.717, 1.165) is 20.0 Å². The maximum atomic E-state index is 12.8. The number of carbonyl (C=O) groups is 1. The molecule has 0 N–H and O–H groups in total. The van der Waals surface area contributed by atoms with Crippen molar-refractivity contribution < 1.29 is 9.53 Å². The van der Waals surface area contributed by atoms with E-state index in [1.807, 2.05) is 64.1 Å². The summed E-state index contributed by atoms with van der Waals surface area (Å²) in [5.41, 5.74) is 0.928. The lowest BCUT2D eigenvalue weighted by atomic mass is 10.1. The van der Waals surface area contributed by atoms with Crippen LogP contribution in [-0.4, -0.2) is 15.7 Å². The molecule has 0 saturated heterocycles. The molecule has 0 aliphatic rings. The van der Waals surface area contributed by atoms with Crippen molar-refractivity contribution >= 4 is 45.3 Å². The van der Waals surface area contributed by atoms with E-state index in [-0.39, 0.29) is 5.54 Å². The van der Waals surface area contributed by atoms with E-state index in [1.165, 1.54) is 11.8 Å². The minimum absolute atomic E-state index is 0.348. The average molecular weight is 480 g/mol. The van der Waals surface area contributed by atoms with Crippen LogP contribution in [0.2, 0.25) is 5.02 Å². The second kappa shape index (κ2) is 8.31. The van der Waals surface area contributed by atoms with Crippen LogP contribution in [0, 0.1) is 6.92 Å². The molecule has 0 saturated carbocycles. The smallest absolute Gasteiger partial charge is 0.344 e. The normalized spacial score (nSPS) is 11.5. The third kappa shape index (κ3) is 4.80. The van der Waals surface area contributed by atoms with Crippen molar-refractivity contribution in [2.24, 2.45) is 0 Å². The zero-order valence-electron chi connectivity index (χ0n) is 16.0. The standard InChI is InChI=1S/C21H20BrClN2O2S/c1-13-18(28-17-11-9-16(23)10-12-17)19(25(24-13)21(2,3)4)27-20(26)14-5-7-15(22)8-6-14/h5-12H,1-4H3. The fourth-order valence-corrected chi connectivity index (χ4v) is 3.81. The van der Waals surface area contributed by atoms with Gasteiger partial charge in [0.1, 0.15) is 0 Å². The molecule has 2 aromatic carbocycles. The first-order chi connectivity index (χ1) is 13.1. The molecular formula is C21H20BrClN2O2S. The van der Waals surface area contributed by atoms with Crippen LogP contribution in [0.1, 0.15) is 36.8 Å². The summed E-state index contributed by atoms with van der Waals surface area (Å²) in [5.74, 6) is 0.0220. The number of ether oxygens (including phenoxy) is 1. The minimum Gasteiger partial charge on any atom is -0.403 e. The predicted molar refractivity (Wildman–Crippen MR) is 117 cm³/mol. The van der Waals surface area contributed by atoms with Crippen LogP contribution in [-0.2, 0) is 5.54 Å². The Hall–Kier alpha value is -1.76. The van der Waals surface area contributed by atoms with E-state index in [1.54, 1.807) is 16.8 Å². The highest BCUT2D eigenvalue weighted by atomic mass is 79.9. The molecular weight excluding hydrogens is 460 g/mol. The highest BCUT2D eigenvalue weighted by Gasteiger charge is 2.27. The van der Waals surface area contributed by atoms with Gasteiger partial charge in [0, 0.05) is 14.4 Å². The lowest BCUT2D eigenvalue weighted by Gasteiger charge is -2.22. The largest absolute Gasteiger partial charge is 0.403 e. The van der Waals surface area contributed by atoms with Crippen molar-refractivity contribution in [1.29, 1.82) is 0 Å². The van der Waals surface area contributed by atoms with Gasteiger partial charge in [0.15, 0.2) is 0 Å². The quantitative estimate of drug-likeness (QED) is 0.389. The maximum absolute atomic E-state index is 12.8. The van der Waals surface area contributed by atoms with Crippen molar-refractivity contribution in [3.63, 3.8) is 0 Å². The fraction of sp³-hybridized carbons (Fsp3) is 0.238. The Bertz CT molecular complexity index is 993. The number of esters is 1. The zero-order chi connectivity index (χ0) is 20.5. The topological polar surface area (TPSA) is 44.1 Å². The number of aromatic nitrogens is 2. The summed E-state index contributed by atoms with van der Waals surface area (Å²) < 4.78 is 8.51. The second-order valence-corrected chi connectivity index (χ2v) is 9.69. The predicted octanol–water partition coefficient (Wildman–Crippen LogP) is 6.73. The van der Waals surface area contributed by atoms with Gasteiger partial charge in [-0.2, -0.15) is 5.10 Å². The highest BCUT2D eigenvalue weighted by molar-refractivity contribution is 9.10. The van der Waals surface area contributed by atoms with E-state index in [9.17, 15) is 4.79 Å². The van der Waals surface area contributed by atoms with Gasteiger partial charge in [-0.3, -0.25) is 0 Å². The Morgan fingerprint density at radius 2 is 1.71 bits per heavy atom. The average Bonchev–Trinajstić information content (AvgIpc) is 2.94. The SMILES string of the molecule is Cc1nn(C(C)(C)C)c(OC(=O)c2ccc(Br)cc2)c1Sc1ccc(Cl)cc1. The Kier molecular flexibility index (Phi) is 6.22. The van der Waals surface area contributed by atoms with E-state index in [2.05, 4.69) is 21.0 Å².